The average Bonchev–Trinajstić information content (AvgIpc) is 2.47. The molecule has 1 heterocycles. The van der Waals surface area contributed by atoms with Crippen molar-refractivity contribution in [2.75, 3.05) is 19.0 Å². The summed E-state index contributed by atoms with van der Waals surface area (Å²) < 4.78 is 18.4. The van der Waals surface area contributed by atoms with Crippen LogP contribution in [0.3, 0.4) is 0 Å². The fraction of sp³-hybridized carbons (Fsp3) is 0.333. The van der Waals surface area contributed by atoms with Gasteiger partial charge in [-0.25, -0.2) is 14.4 Å². The summed E-state index contributed by atoms with van der Waals surface area (Å²) in [6.07, 6.45) is 0.812. The molecule has 0 unspecified atom stereocenters. The van der Waals surface area contributed by atoms with Gasteiger partial charge < -0.3 is 10.1 Å². The number of nitrogens with one attached hydrogen (secondary N) is 1. The number of benzene rings is 1. The predicted molar refractivity (Wildman–Crippen MR) is 77.5 cm³/mol. The van der Waals surface area contributed by atoms with Crippen LogP contribution in [0.5, 0.6) is 5.75 Å². The Balaban J connectivity index is 2.47. The van der Waals surface area contributed by atoms with E-state index in [2.05, 4.69) is 15.3 Å². The van der Waals surface area contributed by atoms with Gasteiger partial charge in [-0.05, 0) is 31.5 Å². The molecule has 0 saturated heterocycles. The molecule has 0 saturated carbocycles. The second-order valence-corrected chi connectivity index (χ2v) is 4.30. The van der Waals surface area contributed by atoms with E-state index in [4.69, 9.17) is 4.74 Å². The zero-order valence-electron chi connectivity index (χ0n) is 11.9. The van der Waals surface area contributed by atoms with Crippen LogP contribution in [0, 0.1) is 5.82 Å². The van der Waals surface area contributed by atoms with Crippen molar-refractivity contribution in [3.63, 3.8) is 0 Å². The molecule has 20 heavy (non-hydrogen) atoms. The summed E-state index contributed by atoms with van der Waals surface area (Å²) in [6, 6.07) is 6.55. The Morgan fingerprint density at radius 1 is 1.20 bits per heavy atom. The largest absolute Gasteiger partial charge is 0.494 e. The fourth-order valence-electron chi connectivity index (χ4n) is 1.88. The highest BCUT2D eigenvalue weighted by Gasteiger charge is 2.09. The quantitative estimate of drug-likeness (QED) is 0.909. The molecule has 0 aliphatic heterocycles. The fourth-order valence-corrected chi connectivity index (χ4v) is 1.88. The third-order valence-corrected chi connectivity index (χ3v) is 2.91. The standard InChI is InChI=1S/C15H18FN3O/c1-4-11-9-14(17-5-2)19-15(18-11)10-6-7-12(16)13(8-10)20-3/h6-9H,4-5H2,1-3H3,(H,17,18,19). The van der Waals surface area contributed by atoms with Gasteiger partial charge in [0.05, 0.1) is 7.11 Å². The van der Waals surface area contributed by atoms with Gasteiger partial charge in [0, 0.05) is 23.9 Å². The first-order chi connectivity index (χ1) is 9.67. The zero-order chi connectivity index (χ0) is 14.5. The summed E-state index contributed by atoms with van der Waals surface area (Å²) >= 11 is 0. The van der Waals surface area contributed by atoms with Crippen LogP contribution in [0.4, 0.5) is 10.2 Å². The molecule has 0 aliphatic carbocycles. The maximum absolute atomic E-state index is 13.5. The molecule has 4 nitrogen and oxygen atoms in total. The molecule has 1 aromatic heterocycles. The maximum atomic E-state index is 13.5. The van der Waals surface area contributed by atoms with Crippen molar-refractivity contribution < 1.29 is 9.13 Å². The van der Waals surface area contributed by atoms with Crippen molar-refractivity contribution in [3.05, 3.63) is 35.8 Å². The second-order valence-electron chi connectivity index (χ2n) is 4.30. The van der Waals surface area contributed by atoms with E-state index in [0.717, 1.165) is 30.0 Å². The smallest absolute Gasteiger partial charge is 0.165 e. The predicted octanol–water partition coefficient (Wildman–Crippen LogP) is 3.29. The van der Waals surface area contributed by atoms with Gasteiger partial charge in [-0.3, -0.25) is 0 Å². The van der Waals surface area contributed by atoms with Crippen molar-refractivity contribution in [3.8, 4) is 17.1 Å². The van der Waals surface area contributed by atoms with Crippen LogP contribution in [0.25, 0.3) is 11.4 Å². The Hall–Kier alpha value is -2.17. The Morgan fingerprint density at radius 2 is 2.00 bits per heavy atom. The number of aromatic nitrogens is 2. The van der Waals surface area contributed by atoms with E-state index in [1.54, 1.807) is 12.1 Å². The van der Waals surface area contributed by atoms with E-state index in [1.807, 2.05) is 19.9 Å². The molecule has 2 aromatic rings. The van der Waals surface area contributed by atoms with Crippen LogP contribution in [0.1, 0.15) is 19.5 Å². The van der Waals surface area contributed by atoms with Crippen LogP contribution in [0.15, 0.2) is 24.3 Å². The van der Waals surface area contributed by atoms with E-state index in [-0.39, 0.29) is 5.75 Å². The normalized spacial score (nSPS) is 10.4. The highest BCUT2D eigenvalue weighted by atomic mass is 19.1. The van der Waals surface area contributed by atoms with Gasteiger partial charge >= 0.3 is 0 Å². The Morgan fingerprint density at radius 3 is 2.65 bits per heavy atom. The molecule has 0 aliphatic rings. The molecule has 1 aromatic carbocycles. The molecule has 0 atom stereocenters. The van der Waals surface area contributed by atoms with Crippen LogP contribution in [0.2, 0.25) is 0 Å². The number of nitrogens with zero attached hydrogens (tertiary/aromatic N) is 2. The van der Waals surface area contributed by atoms with Crippen molar-refractivity contribution in [1.29, 1.82) is 0 Å². The number of methoxy groups -OCH3 is 1. The molecule has 0 bridgehead atoms. The minimum Gasteiger partial charge on any atom is -0.494 e. The number of ether oxygens (including phenoxy) is 1. The first-order valence-corrected chi connectivity index (χ1v) is 6.63. The summed E-state index contributed by atoms with van der Waals surface area (Å²) in [7, 11) is 1.44. The number of rotatable bonds is 5. The van der Waals surface area contributed by atoms with Crippen LogP contribution >= 0.6 is 0 Å². The van der Waals surface area contributed by atoms with Crippen molar-refractivity contribution >= 4 is 5.82 Å². The molecule has 0 radical (unpaired) electrons. The van der Waals surface area contributed by atoms with Gasteiger partial charge in [-0.2, -0.15) is 0 Å². The molecule has 106 valence electrons. The minimum atomic E-state index is -0.394. The minimum absolute atomic E-state index is 0.193. The van der Waals surface area contributed by atoms with Gasteiger partial charge in [-0.15, -0.1) is 0 Å². The van der Waals surface area contributed by atoms with Crippen molar-refractivity contribution in [2.45, 2.75) is 20.3 Å². The lowest BCUT2D eigenvalue weighted by molar-refractivity contribution is 0.387. The van der Waals surface area contributed by atoms with Crippen molar-refractivity contribution in [2.24, 2.45) is 0 Å². The molecule has 0 fully saturated rings. The molecule has 1 N–H and O–H groups in total. The summed E-state index contributed by atoms with van der Waals surface area (Å²) in [4.78, 5) is 8.93. The molecular weight excluding hydrogens is 257 g/mol. The van der Waals surface area contributed by atoms with E-state index in [0.29, 0.717) is 5.82 Å². The van der Waals surface area contributed by atoms with Crippen LogP contribution in [-0.2, 0) is 6.42 Å². The van der Waals surface area contributed by atoms with Gasteiger partial charge in [0.2, 0.25) is 0 Å². The summed E-state index contributed by atoms with van der Waals surface area (Å²) in [5.74, 6) is 1.14. The summed E-state index contributed by atoms with van der Waals surface area (Å²) in [5.41, 5.74) is 1.67. The molecule has 5 heteroatoms. The lowest BCUT2D eigenvalue weighted by Gasteiger charge is -2.09. The van der Waals surface area contributed by atoms with Crippen LogP contribution < -0.4 is 10.1 Å². The number of halogens is 1. The van der Waals surface area contributed by atoms with Crippen LogP contribution in [-0.4, -0.2) is 23.6 Å². The molecular formula is C15H18FN3O. The monoisotopic (exact) mass is 275 g/mol. The van der Waals surface area contributed by atoms with E-state index < -0.39 is 5.82 Å². The second kappa shape index (κ2) is 6.32. The number of aryl methyl sites for hydroxylation is 1. The Labute approximate surface area is 118 Å². The first kappa shape index (κ1) is 14.2. The highest BCUT2D eigenvalue weighted by molar-refractivity contribution is 5.60. The third-order valence-electron chi connectivity index (χ3n) is 2.91. The van der Waals surface area contributed by atoms with Gasteiger partial charge in [-0.1, -0.05) is 6.92 Å². The summed E-state index contributed by atoms with van der Waals surface area (Å²) in [5, 5.41) is 3.18. The van der Waals surface area contributed by atoms with Gasteiger partial charge in [0.1, 0.15) is 5.82 Å². The number of anilines is 1. The molecule has 0 amide bonds. The van der Waals surface area contributed by atoms with Crippen molar-refractivity contribution in [1.82, 2.24) is 9.97 Å². The Bertz CT molecular complexity index is 602. The maximum Gasteiger partial charge on any atom is 0.165 e. The third kappa shape index (κ3) is 3.04. The molecule has 0 spiro atoms. The SMILES string of the molecule is CCNc1cc(CC)nc(-c2ccc(F)c(OC)c2)n1. The van der Waals surface area contributed by atoms with E-state index >= 15 is 0 Å². The lowest BCUT2D eigenvalue weighted by atomic mass is 10.2. The van der Waals surface area contributed by atoms with Gasteiger partial charge in [0.15, 0.2) is 17.4 Å². The lowest BCUT2D eigenvalue weighted by Crippen LogP contribution is -2.04. The van der Waals surface area contributed by atoms with Gasteiger partial charge in [0.25, 0.3) is 0 Å². The first-order valence-electron chi connectivity index (χ1n) is 6.63. The average molecular weight is 275 g/mol. The number of hydrogen-bond donors (Lipinski definition) is 1. The molecule has 2 rings (SSSR count). The summed E-state index contributed by atoms with van der Waals surface area (Å²) in [6.45, 7) is 4.83. The number of hydrogen-bond acceptors (Lipinski definition) is 4. The Kier molecular flexibility index (Phi) is 4.50. The van der Waals surface area contributed by atoms with E-state index in [1.165, 1.54) is 13.2 Å². The zero-order valence-corrected chi connectivity index (χ0v) is 11.9. The van der Waals surface area contributed by atoms with E-state index in [9.17, 15) is 4.39 Å². The topological polar surface area (TPSA) is 47.0 Å². The highest BCUT2D eigenvalue weighted by Crippen LogP contribution is 2.25.